The van der Waals surface area contributed by atoms with Crippen LogP contribution in [-0.2, 0) is 9.30 Å². The van der Waals surface area contributed by atoms with Gasteiger partial charge in [0.05, 0.1) is 13.2 Å². The molecule has 2 N–H and O–H groups in total. The molecule has 0 rings (SSSR count). The largest absolute Gasteiger partial charge is 0.375 e. The van der Waals surface area contributed by atoms with Crippen LogP contribution in [0, 0.1) is 6.57 Å². The first-order valence-electron chi connectivity index (χ1n) is 2.63. The second-order valence-electron chi connectivity index (χ2n) is 1.82. The van der Waals surface area contributed by atoms with E-state index >= 15 is 0 Å². The molecule has 0 bridgehead atoms. The molecule has 62 valence electrons. The van der Waals surface area contributed by atoms with Gasteiger partial charge in [-0.25, -0.2) is 4.85 Å². The fourth-order valence-corrected chi connectivity index (χ4v) is 0.644. The Morgan fingerprint density at radius 1 is 1.73 bits per heavy atom. The lowest BCUT2D eigenvalue weighted by Crippen LogP contribution is -1.97. The number of ether oxygens (including phenoxy) is 1. The van der Waals surface area contributed by atoms with Gasteiger partial charge < -0.3 is 14.5 Å². The van der Waals surface area contributed by atoms with Gasteiger partial charge in [0.2, 0.25) is 0 Å². The lowest BCUT2D eigenvalue weighted by molar-refractivity contribution is 0.180. The normalized spacial score (nSPS) is 10.6. The third kappa shape index (κ3) is 7.23. The third-order valence-electron chi connectivity index (χ3n) is 0.686. The average molecular weight is 177 g/mol. The van der Waals surface area contributed by atoms with E-state index in [0.29, 0.717) is 0 Å². The van der Waals surface area contributed by atoms with Crippen molar-refractivity contribution in [2.75, 3.05) is 13.0 Å². The maximum absolute atomic E-state index is 10.2. The molecule has 0 aliphatic heterocycles. The Balaban J connectivity index is 3.53. The molecule has 0 aromatic carbocycles. The zero-order chi connectivity index (χ0) is 8.91. The molecule has 0 aromatic rings. The van der Waals surface area contributed by atoms with Gasteiger partial charge in [-0.15, -0.1) is 0 Å². The molecule has 0 amide bonds. The predicted octanol–water partition coefficient (Wildman–Crippen LogP) is 0.571. The van der Waals surface area contributed by atoms with E-state index in [1.807, 2.05) is 0 Å². The Morgan fingerprint density at radius 2 is 2.27 bits per heavy atom. The molecule has 0 unspecified atom stereocenters. The molecule has 0 heterocycles. The Labute approximate surface area is 64.3 Å². The summed E-state index contributed by atoms with van der Waals surface area (Å²) < 4.78 is 14.6. The molecule has 0 aliphatic carbocycles. The lowest BCUT2D eigenvalue weighted by Gasteiger charge is -2.03. The van der Waals surface area contributed by atoms with Gasteiger partial charge in [-0.3, -0.25) is 4.57 Å². The van der Waals surface area contributed by atoms with Crippen molar-refractivity contribution in [1.82, 2.24) is 0 Å². The first-order chi connectivity index (χ1) is 4.95. The maximum atomic E-state index is 10.2. The van der Waals surface area contributed by atoms with E-state index in [1.54, 1.807) is 0 Å². The van der Waals surface area contributed by atoms with E-state index in [9.17, 15) is 4.57 Å². The van der Waals surface area contributed by atoms with Crippen molar-refractivity contribution in [1.29, 1.82) is 0 Å². The van der Waals surface area contributed by atoms with Crippen LogP contribution in [0.5, 0.6) is 0 Å². The fraction of sp³-hybridized carbons (Fsp3) is 0.400. The van der Waals surface area contributed by atoms with Crippen molar-refractivity contribution in [3.05, 3.63) is 23.7 Å². The van der Waals surface area contributed by atoms with E-state index in [0.717, 1.165) is 0 Å². The standard InChI is InChI=1S/C5H8NO4P/c1-5(6-2)3-10-4-11(7,8)9/h1,3-4H2,(H2,7,8,9). The minimum atomic E-state index is -4.10. The van der Waals surface area contributed by atoms with Gasteiger partial charge in [0.15, 0.2) is 5.70 Å². The van der Waals surface area contributed by atoms with Gasteiger partial charge in [-0.05, 0) is 0 Å². The van der Waals surface area contributed by atoms with Gasteiger partial charge in [0.25, 0.3) is 0 Å². The van der Waals surface area contributed by atoms with E-state index in [4.69, 9.17) is 16.4 Å². The lowest BCUT2D eigenvalue weighted by atomic mass is 10.6. The van der Waals surface area contributed by atoms with Gasteiger partial charge in [-0.2, -0.15) is 0 Å². The summed E-state index contributed by atoms with van der Waals surface area (Å²) in [7, 11) is -4.10. The Hall–Kier alpha value is -0.660. The zero-order valence-corrected chi connectivity index (χ0v) is 6.62. The molecule has 5 nitrogen and oxygen atoms in total. The van der Waals surface area contributed by atoms with Crippen LogP contribution in [0.4, 0.5) is 0 Å². The zero-order valence-electron chi connectivity index (χ0n) is 5.73. The summed E-state index contributed by atoms with van der Waals surface area (Å²) in [5.41, 5.74) is 0.124. The third-order valence-corrected chi connectivity index (χ3v) is 1.21. The average Bonchev–Trinajstić information content (AvgIpc) is 1.85. The van der Waals surface area contributed by atoms with Gasteiger partial charge in [-0.1, -0.05) is 6.58 Å². The smallest absolute Gasteiger partial charge is 0.350 e. The minimum Gasteiger partial charge on any atom is -0.375 e. The second-order valence-corrected chi connectivity index (χ2v) is 3.41. The molecule has 0 aliphatic rings. The predicted molar refractivity (Wildman–Crippen MR) is 38.6 cm³/mol. The Morgan fingerprint density at radius 3 is 2.64 bits per heavy atom. The number of hydrogen-bond donors (Lipinski definition) is 2. The minimum absolute atomic E-state index is 0.124. The highest BCUT2D eigenvalue weighted by molar-refractivity contribution is 7.51. The Bertz CT molecular complexity index is 225. The van der Waals surface area contributed by atoms with Crippen LogP contribution < -0.4 is 0 Å². The molecule has 0 aromatic heterocycles. The van der Waals surface area contributed by atoms with Crippen LogP contribution in [0.3, 0.4) is 0 Å². The summed E-state index contributed by atoms with van der Waals surface area (Å²) in [5, 5.41) is 0. The van der Waals surface area contributed by atoms with Crippen molar-refractivity contribution in [2.45, 2.75) is 0 Å². The summed E-state index contributed by atoms with van der Waals surface area (Å²) in [6, 6.07) is 0. The molecule has 0 saturated carbocycles. The van der Waals surface area contributed by atoms with Crippen LogP contribution in [0.2, 0.25) is 0 Å². The molecule has 11 heavy (non-hydrogen) atoms. The molecule has 0 radical (unpaired) electrons. The second kappa shape index (κ2) is 4.27. The molecule has 0 saturated heterocycles. The van der Waals surface area contributed by atoms with Crippen molar-refractivity contribution >= 4 is 7.60 Å². The van der Waals surface area contributed by atoms with Gasteiger partial charge >= 0.3 is 7.60 Å². The van der Waals surface area contributed by atoms with Crippen molar-refractivity contribution in [3.63, 3.8) is 0 Å². The SMILES string of the molecule is [C-]#[N+]C(=C)COCP(=O)(O)O. The van der Waals surface area contributed by atoms with Gasteiger partial charge in [0.1, 0.15) is 6.35 Å². The highest BCUT2D eigenvalue weighted by Gasteiger charge is 2.12. The van der Waals surface area contributed by atoms with E-state index in [2.05, 4.69) is 16.2 Å². The fourth-order valence-electron chi connectivity index (χ4n) is 0.315. The van der Waals surface area contributed by atoms with E-state index < -0.39 is 13.9 Å². The quantitative estimate of drug-likeness (QED) is 0.486. The Kier molecular flexibility index (Phi) is 4.01. The van der Waals surface area contributed by atoms with Crippen molar-refractivity contribution in [2.24, 2.45) is 0 Å². The van der Waals surface area contributed by atoms with E-state index in [1.165, 1.54) is 0 Å². The highest BCUT2D eigenvalue weighted by Crippen LogP contribution is 2.33. The van der Waals surface area contributed by atoms with Crippen LogP contribution in [-0.4, -0.2) is 22.7 Å². The van der Waals surface area contributed by atoms with Crippen LogP contribution in [0.1, 0.15) is 0 Å². The van der Waals surface area contributed by atoms with E-state index in [-0.39, 0.29) is 12.3 Å². The first-order valence-corrected chi connectivity index (χ1v) is 4.43. The summed E-state index contributed by atoms with van der Waals surface area (Å²) in [6.45, 7) is 9.52. The number of rotatable bonds is 4. The molecular weight excluding hydrogens is 169 g/mol. The van der Waals surface area contributed by atoms with Crippen LogP contribution >= 0.6 is 7.60 Å². The topological polar surface area (TPSA) is 71.1 Å². The summed E-state index contributed by atoms with van der Waals surface area (Å²) in [6.07, 6.45) is -0.665. The first kappa shape index (κ1) is 10.3. The molecule has 0 atom stereocenters. The summed E-state index contributed by atoms with van der Waals surface area (Å²) >= 11 is 0. The van der Waals surface area contributed by atoms with Crippen LogP contribution in [0.15, 0.2) is 12.3 Å². The number of nitrogens with zero attached hydrogens (tertiary/aromatic N) is 1. The molecule has 0 spiro atoms. The molecule has 6 heteroatoms. The van der Waals surface area contributed by atoms with Crippen LogP contribution in [0.25, 0.3) is 4.85 Å². The molecular formula is C5H8NO4P. The number of hydrogen-bond acceptors (Lipinski definition) is 2. The summed E-state index contributed by atoms with van der Waals surface area (Å²) in [5.74, 6) is 0. The monoisotopic (exact) mass is 177 g/mol. The summed E-state index contributed by atoms with van der Waals surface area (Å²) in [4.78, 5) is 19.5. The van der Waals surface area contributed by atoms with Crippen molar-refractivity contribution in [3.8, 4) is 0 Å². The van der Waals surface area contributed by atoms with Crippen molar-refractivity contribution < 1.29 is 19.1 Å². The highest BCUT2D eigenvalue weighted by atomic mass is 31.2. The van der Waals surface area contributed by atoms with Gasteiger partial charge in [0, 0.05) is 0 Å². The molecule has 0 fully saturated rings. The maximum Gasteiger partial charge on any atom is 0.350 e.